The fourth-order valence-corrected chi connectivity index (χ4v) is 3.22. The van der Waals surface area contributed by atoms with Gasteiger partial charge in [-0.25, -0.2) is 4.98 Å². The minimum absolute atomic E-state index is 0.00408. The standard InChI is InChI=1S/C23H20F3N5O2/c1-13(15-6-8-16(9-7-15)23(24,25)26)29-21-20(18(28)12-27)22(32)31-19(30-21)11-14-4-3-5-17(10-14)33-2/h3-10,13,28H,11H2,1-2H3,(H2,29,30,31,32). The molecule has 3 rings (SSSR count). The lowest BCUT2D eigenvalue weighted by Gasteiger charge is -2.18. The van der Waals surface area contributed by atoms with Crippen molar-refractivity contribution in [3.05, 3.63) is 87.0 Å². The van der Waals surface area contributed by atoms with Crippen molar-refractivity contribution in [3.63, 3.8) is 0 Å². The second-order valence-electron chi connectivity index (χ2n) is 7.24. The van der Waals surface area contributed by atoms with E-state index in [1.165, 1.54) is 19.2 Å². The maximum absolute atomic E-state index is 12.8. The van der Waals surface area contributed by atoms with E-state index in [4.69, 9.17) is 15.4 Å². The summed E-state index contributed by atoms with van der Waals surface area (Å²) >= 11 is 0. The number of aromatic amines is 1. The molecule has 33 heavy (non-hydrogen) atoms. The van der Waals surface area contributed by atoms with Gasteiger partial charge >= 0.3 is 6.18 Å². The lowest BCUT2D eigenvalue weighted by atomic mass is 10.1. The summed E-state index contributed by atoms with van der Waals surface area (Å²) in [6, 6.07) is 12.8. The minimum Gasteiger partial charge on any atom is -0.497 e. The quantitative estimate of drug-likeness (QED) is 0.455. The van der Waals surface area contributed by atoms with Crippen LogP contribution in [0.15, 0.2) is 53.3 Å². The average Bonchev–Trinajstić information content (AvgIpc) is 2.78. The van der Waals surface area contributed by atoms with Gasteiger partial charge in [0.2, 0.25) is 0 Å². The number of aromatic nitrogens is 2. The van der Waals surface area contributed by atoms with Gasteiger partial charge in [0.25, 0.3) is 5.56 Å². The van der Waals surface area contributed by atoms with Gasteiger partial charge in [-0.05, 0) is 42.3 Å². The summed E-state index contributed by atoms with van der Waals surface area (Å²) in [5.41, 5.74) is -0.961. The second-order valence-corrected chi connectivity index (χ2v) is 7.24. The van der Waals surface area contributed by atoms with Gasteiger partial charge in [0.15, 0.2) is 0 Å². The number of ether oxygens (including phenoxy) is 1. The lowest BCUT2D eigenvalue weighted by molar-refractivity contribution is -0.137. The van der Waals surface area contributed by atoms with E-state index in [1.54, 1.807) is 31.2 Å². The molecule has 0 spiro atoms. The molecule has 0 aliphatic heterocycles. The maximum atomic E-state index is 12.8. The van der Waals surface area contributed by atoms with Crippen LogP contribution in [0.25, 0.3) is 0 Å². The summed E-state index contributed by atoms with van der Waals surface area (Å²) in [7, 11) is 1.53. The second kappa shape index (κ2) is 9.56. The summed E-state index contributed by atoms with van der Waals surface area (Å²) in [5.74, 6) is 0.910. The number of hydrogen-bond acceptors (Lipinski definition) is 6. The van der Waals surface area contributed by atoms with Crippen molar-refractivity contribution in [1.29, 1.82) is 10.7 Å². The molecule has 1 heterocycles. The smallest absolute Gasteiger partial charge is 0.416 e. The van der Waals surface area contributed by atoms with Crippen LogP contribution in [0.1, 0.15) is 41.0 Å². The third kappa shape index (κ3) is 5.57. The Kier molecular flexibility index (Phi) is 6.82. The predicted octanol–water partition coefficient (Wildman–Crippen LogP) is 4.45. The molecule has 10 heteroatoms. The van der Waals surface area contributed by atoms with Crippen molar-refractivity contribution >= 4 is 11.5 Å². The molecular formula is C23H20F3N5O2. The Morgan fingerprint density at radius 1 is 1.27 bits per heavy atom. The molecular weight excluding hydrogens is 435 g/mol. The van der Waals surface area contributed by atoms with Crippen LogP contribution < -0.4 is 15.6 Å². The molecule has 1 atom stereocenters. The molecule has 0 aliphatic rings. The Morgan fingerprint density at radius 2 is 1.97 bits per heavy atom. The van der Waals surface area contributed by atoms with Crippen LogP contribution in [-0.4, -0.2) is 22.8 Å². The van der Waals surface area contributed by atoms with Gasteiger partial charge in [-0.1, -0.05) is 24.3 Å². The zero-order chi connectivity index (χ0) is 24.2. The van der Waals surface area contributed by atoms with Gasteiger partial charge in [-0.15, -0.1) is 0 Å². The molecule has 0 fully saturated rings. The lowest BCUT2D eigenvalue weighted by Crippen LogP contribution is -2.24. The molecule has 0 saturated carbocycles. The third-order valence-corrected chi connectivity index (χ3v) is 4.93. The molecule has 0 saturated heterocycles. The fraction of sp³-hybridized carbons (Fsp3) is 0.217. The monoisotopic (exact) mass is 455 g/mol. The van der Waals surface area contributed by atoms with Crippen molar-refractivity contribution in [2.45, 2.75) is 25.6 Å². The fourth-order valence-electron chi connectivity index (χ4n) is 3.22. The first kappa shape index (κ1) is 23.5. The summed E-state index contributed by atoms with van der Waals surface area (Å²) < 4.78 is 43.7. The number of alkyl halides is 3. The zero-order valence-corrected chi connectivity index (χ0v) is 17.7. The van der Waals surface area contributed by atoms with E-state index >= 15 is 0 Å². The first-order valence-corrected chi connectivity index (χ1v) is 9.81. The summed E-state index contributed by atoms with van der Waals surface area (Å²) in [6.07, 6.45) is -4.20. The highest BCUT2D eigenvalue weighted by molar-refractivity contribution is 6.12. The number of nitrogens with one attached hydrogen (secondary N) is 3. The highest BCUT2D eigenvalue weighted by Gasteiger charge is 2.30. The van der Waals surface area contributed by atoms with Crippen LogP contribution >= 0.6 is 0 Å². The molecule has 170 valence electrons. The first-order valence-electron chi connectivity index (χ1n) is 9.81. The highest BCUT2D eigenvalue weighted by Crippen LogP contribution is 2.30. The van der Waals surface area contributed by atoms with Crippen molar-refractivity contribution < 1.29 is 17.9 Å². The van der Waals surface area contributed by atoms with Crippen LogP contribution in [0, 0.1) is 16.7 Å². The SMILES string of the molecule is COc1cccc(Cc2nc(NC(C)c3ccc(C(F)(F)F)cc3)c(C(=N)C#N)c(=O)[nH]2)c1. The number of hydrogen-bond donors (Lipinski definition) is 3. The number of nitrogens with zero attached hydrogens (tertiary/aromatic N) is 2. The van der Waals surface area contributed by atoms with Crippen LogP contribution in [0.5, 0.6) is 5.75 Å². The molecule has 1 aromatic heterocycles. The van der Waals surface area contributed by atoms with Crippen LogP contribution in [0.3, 0.4) is 0 Å². The summed E-state index contributed by atoms with van der Waals surface area (Å²) in [5, 5.41) is 20.0. The Hall–Kier alpha value is -4.13. The number of rotatable bonds is 7. The van der Waals surface area contributed by atoms with Gasteiger partial charge in [0.05, 0.1) is 12.7 Å². The Bertz CT molecular complexity index is 1260. The summed E-state index contributed by atoms with van der Waals surface area (Å²) in [6.45, 7) is 1.67. The van der Waals surface area contributed by atoms with Crippen LogP contribution in [0.2, 0.25) is 0 Å². The van der Waals surface area contributed by atoms with E-state index in [0.717, 1.165) is 17.7 Å². The van der Waals surface area contributed by atoms with Crippen LogP contribution in [0.4, 0.5) is 19.0 Å². The maximum Gasteiger partial charge on any atom is 0.416 e. The van der Waals surface area contributed by atoms with E-state index in [1.807, 2.05) is 6.07 Å². The Morgan fingerprint density at radius 3 is 2.58 bits per heavy atom. The van der Waals surface area contributed by atoms with Gasteiger partial charge in [0, 0.05) is 12.5 Å². The Labute approximate surface area is 187 Å². The Balaban J connectivity index is 1.95. The van der Waals surface area contributed by atoms with Crippen molar-refractivity contribution in [3.8, 4) is 11.8 Å². The largest absolute Gasteiger partial charge is 0.497 e. The molecule has 0 aliphatic carbocycles. The van der Waals surface area contributed by atoms with E-state index in [-0.39, 0.29) is 23.6 Å². The zero-order valence-electron chi connectivity index (χ0n) is 17.7. The number of halogens is 3. The number of nitriles is 1. The average molecular weight is 455 g/mol. The van der Waals surface area contributed by atoms with Gasteiger partial charge in [-0.2, -0.15) is 18.4 Å². The highest BCUT2D eigenvalue weighted by atomic mass is 19.4. The summed E-state index contributed by atoms with van der Waals surface area (Å²) in [4.78, 5) is 19.7. The molecule has 0 radical (unpaired) electrons. The molecule has 3 aromatic rings. The third-order valence-electron chi connectivity index (χ3n) is 4.93. The molecule has 1 unspecified atom stereocenters. The number of H-pyrrole nitrogens is 1. The molecule has 2 aromatic carbocycles. The van der Waals surface area contributed by atoms with Gasteiger partial charge < -0.3 is 15.0 Å². The number of benzene rings is 2. The molecule has 3 N–H and O–H groups in total. The number of methoxy groups -OCH3 is 1. The van der Waals surface area contributed by atoms with Gasteiger partial charge in [0.1, 0.15) is 34.7 Å². The predicted molar refractivity (Wildman–Crippen MR) is 117 cm³/mol. The van der Waals surface area contributed by atoms with E-state index in [9.17, 15) is 18.0 Å². The van der Waals surface area contributed by atoms with Crippen molar-refractivity contribution in [1.82, 2.24) is 9.97 Å². The normalized spacial score (nSPS) is 12.0. The van der Waals surface area contributed by atoms with Crippen molar-refractivity contribution in [2.24, 2.45) is 0 Å². The minimum atomic E-state index is -4.45. The first-order chi connectivity index (χ1) is 15.6. The van der Waals surface area contributed by atoms with Crippen molar-refractivity contribution in [2.75, 3.05) is 12.4 Å². The van der Waals surface area contributed by atoms with E-state index in [2.05, 4.69) is 15.3 Å². The van der Waals surface area contributed by atoms with E-state index in [0.29, 0.717) is 11.3 Å². The molecule has 0 amide bonds. The number of anilines is 1. The molecule has 0 bridgehead atoms. The van der Waals surface area contributed by atoms with Gasteiger partial charge in [-0.3, -0.25) is 10.2 Å². The molecule has 7 nitrogen and oxygen atoms in total. The van der Waals surface area contributed by atoms with E-state index < -0.39 is 29.1 Å². The van der Waals surface area contributed by atoms with Crippen LogP contribution in [-0.2, 0) is 12.6 Å². The topological polar surface area (TPSA) is 115 Å².